The molecular formula is C11H10F3N3O. The lowest BCUT2D eigenvalue weighted by molar-refractivity contribution is -0.130. The average Bonchev–Trinajstić information content (AvgIpc) is 2.28. The molecule has 0 aliphatic heterocycles. The summed E-state index contributed by atoms with van der Waals surface area (Å²) in [6.07, 6.45) is -4.46. The van der Waals surface area contributed by atoms with E-state index >= 15 is 0 Å². The molecule has 1 rings (SSSR count). The van der Waals surface area contributed by atoms with Gasteiger partial charge in [0, 0.05) is 0 Å². The van der Waals surface area contributed by atoms with E-state index in [0.29, 0.717) is 0 Å². The van der Waals surface area contributed by atoms with E-state index in [1.807, 2.05) is 5.32 Å². The molecule has 0 heterocycles. The smallest absolute Gasteiger partial charge is 0.368 e. The van der Waals surface area contributed by atoms with Gasteiger partial charge in [-0.2, -0.15) is 18.4 Å². The van der Waals surface area contributed by atoms with E-state index in [1.165, 1.54) is 18.2 Å². The molecule has 0 aliphatic rings. The van der Waals surface area contributed by atoms with Crippen molar-refractivity contribution >= 4 is 5.91 Å². The molecule has 18 heavy (non-hydrogen) atoms. The Kier molecular flexibility index (Phi) is 4.28. The topological polar surface area (TPSA) is 78.9 Å². The maximum absolute atomic E-state index is 12.1. The number of nitrogens with zero attached hydrogens (tertiary/aromatic N) is 1. The number of halogens is 3. The van der Waals surface area contributed by atoms with Crippen LogP contribution in [0.4, 0.5) is 13.2 Å². The number of carbonyl (C=O) groups excluding carboxylic acids is 1. The van der Waals surface area contributed by atoms with Gasteiger partial charge in [0.2, 0.25) is 5.91 Å². The van der Waals surface area contributed by atoms with Gasteiger partial charge in [-0.3, -0.25) is 10.1 Å². The molecule has 0 radical (unpaired) electrons. The Bertz CT molecular complexity index is 479. The first kappa shape index (κ1) is 14.0. The highest BCUT2D eigenvalue weighted by Crippen LogP contribution is 2.20. The number of hydrogen-bond donors (Lipinski definition) is 2. The lowest BCUT2D eigenvalue weighted by atomic mass is 10.0. The van der Waals surface area contributed by atoms with E-state index in [-0.39, 0.29) is 11.1 Å². The Labute approximate surface area is 101 Å². The zero-order chi connectivity index (χ0) is 13.8. The first-order valence-corrected chi connectivity index (χ1v) is 4.93. The zero-order valence-corrected chi connectivity index (χ0v) is 9.16. The number of primary amides is 1. The van der Waals surface area contributed by atoms with Gasteiger partial charge in [0.25, 0.3) is 0 Å². The van der Waals surface area contributed by atoms with Crippen molar-refractivity contribution in [3.63, 3.8) is 0 Å². The molecule has 7 heteroatoms. The van der Waals surface area contributed by atoms with E-state index in [0.717, 1.165) is 0 Å². The summed E-state index contributed by atoms with van der Waals surface area (Å²) in [6.45, 7) is -1.36. The van der Waals surface area contributed by atoms with Crippen LogP contribution in [-0.4, -0.2) is 18.6 Å². The Morgan fingerprint density at radius 2 is 2.06 bits per heavy atom. The highest BCUT2D eigenvalue weighted by atomic mass is 19.4. The summed E-state index contributed by atoms with van der Waals surface area (Å²) in [6, 6.07) is 6.30. The Hall–Kier alpha value is -2.07. The Balaban J connectivity index is 2.99. The molecule has 0 bridgehead atoms. The van der Waals surface area contributed by atoms with Crippen molar-refractivity contribution in [2.24, 2.45) is 5.73 Å². The number of carbonyl (C=O) groups is 1. The number of nitrogens with two attached hydrogens (primary N) is 1. The van der Waals surface area contributed by atoms with Crippen LogP contribution < -0.4 is 11.1 Å². The number of hydrogen-bond acceptors (Lipinski definition) is 3. The van der Waals surface area contributed by atoms with E-state index in [4.69, 9.17) is 11.0 Å². The van der Waals surface area contributed by atoms with Gasteiger partial charge in [-0.1, -0.05) is 18.2 Å². The third kappa shape index (κ3) is 3.75. The fourth-order valence-corrected chi connectivity index (χ4v) is 1.43. The number of benzene rings is 1. The number of alkyl halides is 3. The highest BCUT2D eigenvalue weighted by molar-refractivity contribution is 5.82. The molecule has 0 saturated heterocycles. The first-order chi connectivity index (χ1) is 8.35. The third-order valence-electron chi connectivity index (χ3n) is 2.18. The molecule has 0 aromatic heterocycles. The van der Waals surface area contributed by atoms with Gasteiger partial charge in [0.15, 0.2) is 0 Å². The minimum atomic E-state index is -4.46. The molecule has 0 saturated carbocycles. The fraction of sp³-hybridized carbons (Fsp3) is 0.273. The summed E-state index contributed by atoms with van der Waals surface area (Å²) in [4.78, 5) is 11.2. The molecule has 0 fully saturated rings. The zero-order valence-electron chi connectivity index (χ0n) is 9.16. The molecule has 1 atom stereocenters. The molecule has 96 valence electrons. The normalized spacial score (nSPS) is 12.8. The lowest BCUT2D eigenvalue weighted by Gasteiger charge is -2.18. The molecule has 1 aromatic carbocycles. The molecule has 1 aromatic rings. The van der Waals surface area contributed by atoms with Crippen LogP contribution in [0.25, 0.3) is 0 Å². The van der Waals surface area contributed by atoms with Crippen LogP contribution in [0.3, 0.4) is 0 Å². The van der Waals surface area contributed by atoms with Crippen LogP contribution in [0, 0.1) is 11.3 Å². The molecule has 4 nitrogen and oxygen atoms in total. The fourth-order valence-electron chi connectivity index (χ4n) is 1.43. The van der Waals surface area contributed by atoms with Crippen LogP contribution in [0.5, 0.6) is 0 Å². The van der Waals surface area contributed by atoms with E-state index in [2.05, 4.69) is 0 Å². The number of amides is 1. The van der Waals surface area contributed by atoms with Crippen molar-refractivity contribution in [1.29, 1.82) is 5.26 Å². The minimum Gasteiger partial charge on any atom is -0.368 e. The maximum atomic E-state index is 12.1. The quantitative estimate of drug-likeness (QED) is 0.851. The largest absolute Gasteiger partial charge is 0.401 e. The summed E-state index contributed by atoms with van der Waals surface area (Å²) >= 11 is 0. The highest BCUT2D eigenvalue weighted by Gasteiger charge is 2.30. The molecule has 0 aliphatic carbocycles. The number of rotatable bonds is 4. The lowest BCUT2D eigenvalue weighted by Crippen LogP contribution is -2.39. The number of nitrogens with one attached hydrogen (secondary N) is 1. The van der Waals surface area contributed by atoms with Gasteiger partial charge >= 0.3 is 6.18 Å². The predicted octanol–water partition coefficient (Wildman–Crippen LogP) is 1.24. The van der Waals surface area contributed by atoms with Gasteiger partial charge in [-0.05, 0) is 11.6 Å². The van der Waals surface area contributed by atoms with Crippen molar-refractivity contribution in [2.75, 3.05) is 6.54 Å². The van der Waals surface area contributed by atoms with Crippen LogP contribution in [0.15, 0.2) is 24.3 Å². The molecule has 1 unspecified atom stereocenters. The maximum Gasteiger partial charge on any atom is 0.401 e. The summed E-state index contributed by atoms with van der Waals surface area (Å²) < 4.78 is 36.3. The summed E-state index contributed by atoms with van der Waals surface area (Å²) in [5.41, 5.74) is 5.29. The summed E-state index contributed by atoms with van der Waals surface area (Å²) in [5, 5.41) is 10.8. The molecule has 0 spiro atoms. The Morgan fingerprint density at radius 1 is 1.44 bits per heavy atom. The van der Waals surface area contributed by atoms with Crippen molar-refractivity contribution in [2.45, 2.75) is 12.2 Å². The van der Waals surface area contributed by atoms with Crippen LogP contribution >= 0.6 is 0 Å². The standard InChI is InChI=1S/C11H10F3N3O/c12-11(13,14)6-17-9(10(16)18)8-4-2-1-3-7(8)5-15/h1-4,9,17H,6H2,(H2,16,18). The van der Waals surface area contributed by atoms with E-state index in [1.54, 1.807) is 12.1 Å². The molecular weight excluding hydrogens is 247 g/mol. The van der Waals surface area contributed by atoms with Crippen molar-refractivity contribution in [3.8, 4) is 6.07 Å². The van der Waals surface area contributed by atoms with Crippen LogP contribution in [0.1, 0.15) is 17.2 Å². The Morgan fingerprint density at radius 3 is 2.56 bits per heavy atom. The number of nitriles is 1. The predicted molar refractivity (Wildman–Crippen MR) is 57.2 cm³/mol. The summed E-state index contributed by atoms with van der Waals surface area (Å²) in [7, 11) is 0. The van der Waals surface area contributed by atoms with E-state index in [9.17, 15) is 18.0 Å². The van der Waals surface area contributed by atoms with Gasteiger partial charge in [0.05, 0.1) is 18.2 Å². The van der Waals surface area contributed by atoms with Crippen LogP contribution in [0.2, 0.25) is 0 Å². The third-order valence-corrected chi connectivity index (χ3v) is 2.18. The molecule has 3 N–H and O–H groups in total. The van der Waals surface area contributed by atoms with Crippen molar-refractivity contribution in [1.82, 2.24) is 5.32 Å². The second-order valence-corrected chi connectivity index (χ2v) is 3.53. The second kappa shape index (κ2) is 5.51. The first-order valence-electron chi connectivity index (χ1n) is 4.93. The average molecular weight is 257 g/mol. The minimum absolute atomic E-state index is 0.107. The van der Waals surface area contributed by atoms with Crippen molar-refractivity contribution in [3.05, 3.63) is 35.4 Å². The monoisotopic (exact) mass is 257 g/mol. The van der Waals surface area contributed by atoms with Gasteiger partial charge in [0.1, 0.15) is 6.04 Å². The van der Waals surface area contributed by atoms with Gasteiger partial charge < -0.3 is 5.73 Å². The second-order valence-electron chi connectivity index (χ2n) is 3.53. The van der Waals surface area contributed by atoms with Crippen molar-refractivity contribution < 1.29 is 18.0 Å². The van der Waals surface area contributed by atoms with E-state index < -0.39 is 24.7 Å². The SMILES string of the molecule is N#Cc1ccccc1C(NCC(F)(F)F)C(N)=O. The van der Waals surface area contributed by atoms with Gasteiger partial charge in [-0.15, -0.1) is 0 Å². The molecule has 1 amide bonds. The summed E-state index contributed by atoms with van der Waals surface area (Å²) in [5.74, 6) is -0.970. The van der Waals surface area contributed by atoms with Crippen LogP contribution in [-0.2, 0) is 4.79 Å². The van der Waals surface area contributed by atoms with Gasteiger partial charge in [-0.25, -0.2) is 0 Å².